The van der Waals surface area contributed by atoms with E-state index < -0.39 is 22.1 Å². The number of Topliss-reactive ketones (excluding diaryl/α,β-unsaturated/α-hetero) is 1. The molecule has 0 aliphatic rings. The molecule has 1 unspecified atom stereocenters. The summed E-state index contributed by atoms with van der Waals surface area (Å²) < 4.78 is 0. The molecule has 1 N–H and O–H groups in total. The van der Waals surface area contributed by atoms with Gasteiger partial charge >= 0.3 is 5.97 Å². The van der Waals surface area contributed by atoms with E-state index in [0.29, 0.717) is 0 Å². The molecule has 1 rings (SSSR count). The predicted molar refractivity (Wildman–Crippen MR) is 54.7 cm³/mol. The van der Waals surface area contributed by atoms with Crippen LogP contribution in [0.2, 0.25) is 0 Å². The summed E-state index contributed by atoms with van der Waals surface area (Å²) in [4.78, 5) is 31.5. The van der Waals surface area contributed by atoms with Crippen molar-refractivity contribution in [3.05, 3.63) is 39.9 Å². The fourth-order valence-corrected chi connectivity index (χ4v) is 1.13. The van der Waals surface area contributed by atoms with Crippen molar-refractivity contribution in [1.82, 2.24) is 0 Å². The minimum Gasteiger partial charge on any atom is -0.480 e. The lowest BCUT2D eigenvalue weighted by Gasteiger charge is -2.02. The highest BCUT2D eigenvalue weighted by Crippen LogP contribution is 2.14. The van der Waals surface area contributed by atoms with Gasteiger partial charge in [0, 0.05) is 17.7 Å². The number of benzene rings is 1. The second kappa shape index (κ2) is 4.71. The third kappa shape index (κ3) is 2.54. The first-order chi connectivity index (χ1) is 7.43. The Balaban J connectivity index is 2.94. The van der Waals surface area contributed by atoms with E-state index in [9.17, 15) is 19.7 Å². The number of non-ortho nitro benzene ring substituents is 1. The molecule has 16 heavy (non-hydrogen) atoms. The topological polar surface area (TPSA) is 97.5 Å². The fraction of sp³-hybridized carbons (Fsp3) is 0.111. The molecule has 0 heterocycles. The number of rotatable bonds is 4. The summed E-state index contributed by atoms with van der Waals surface area (Å²) in [5.74, 6) is -2.26. The van der Waals surface area contributed by atoms with Gasteiger partial charge in [0.2, 0.25) is 0 Å². The molecule has 0 aromatic heterocycles. The zero-order valence-electron chi connectivity index (χ0n) is 7.79. The van der Waals surface area contributed by atoms with E-state index in [1.54, 1.807) is 0 Å². The maximum atomic E-state index is 11.4. The van der Waals surface area contributed by atoms with Crippen LogP contribution in [0.5, 0.6) is 0 Å². The quantitative estimate of drug-likeness (QED) is 0.284. The van der Waals surface area contributed by atoms with Gasteiger partial charge in [0.1, 0.15) is 0 Å². The van der Waals surface area contributed by atoms with Crippen LogP contribution in [0.3, 0.4) is 0 Å². The van der Waals surface area contributed by atoms with Gasteiger partial charge in [-0.15, -0.1) is 11.6 Å². The molecule has 0 aliphatic heterocycles. The van der Waals surface area contributed by atoms with Crippen LogP contribution in [0.1, 0.15) is 10.4 Å². The lowest BCUT2D eigenvalue weighted by Crippen LogP contribution is -2.24. The molecule has 0 bridgehead atoms. The van der Waals surface area contributed by atoms with Crippen molar-refractivity contribution >= 4 is 29.0 Å². The summed E-state index contributed by atoms with van der Waals surface area (Å²) in [6.07, 6.45) is 0. The molecule has 0 saturated heterocycles. The molecule has 0 radical (unpaired) electrons. The van der Waals surface area contributed by atoms with Crippen LogP contribution in [0, 0.1) is 10.1 Å². The number of hydrogen-bond acceptors (Lipinski definition) is 4. The summed E-state index contributed by atoms with van der Waals surface area (Å²) in [5, 5.41) is 17.1. The van der Waals surface area contributed by atoms with E-state index in [0.717, 1.165) is 12.1 Å². The number of halogens is 1. The standard InChI is InChI=1S/C9H6ClNO5/c10-7(9(13)14)8(12)5-1-3-6(4-2-5)11(15)16/h1-4,7H,(H,13,14). The first-order valence-corrected chi connectivity index (χ1v) is 4.52. The van der Waals surface area contributed by atoms with Crippen LogP contribution >= 0.6 is 11.6 Å². The van der Waals surface area contributed by atoms with Gasteiger partial charge < -0.3 is 5.11 Å². The van der Waals surface area contributed by atoms with Crippen LogP contribution in [0.25, 0.3) is 0 Å². The number of aliphatic carboxylic acids is 1. The van der Waals surface area contributed by atoms with Crippen LogP contribution < -0.4 is 0 Å². The number of nitrogens with zero attached hydrogens (tertiary/aromatic N) is 1. The second-order valence-corrected chi connectivity index (χ2v) is 3.31. The number of carboxylic acids is 1. The summed E-state index contributed by atoms with van der Waals surface area (Å²) in [5.41, 5.74) is -0.161. The highest BCUT2D eigenvalue weighted by Gasteiger charge is 2.24. The highest BCUT2D eigenvalue weighted by molar-refractivity contribution is 6.43. The van der Waals surface area contributed by atoms with Crippen molar-refractivity contribution in [2.45, 2.75) is 5.38 Å². The molecule has 0 saturated carbocycles. The lowest BCUT2D eigenvalue weighted by atomic mass is 10.1. The normalized spacial score (nSPS) is 11.8. The minimum absolute atomic E-state index is 0.0213. The minimum atomic E-state index is -1.68. The number of nitro benzene ring substituents is 1. The molecular weight excluding hydrogens is 238 g/mol. The zero-order chi connectivity index (χ0) is 12.3. The summed E-state index contributed by atoms with van der Waals surface area (Å²) in [7, 11) is 0. The third-order valence-corrected chi connectivity index (χ3v) is 2.19. The van der Waals surface area contributed by atoms with Gasteiger partial charge in [-0.25, -0.2) is 0 Å². The molecule has 1 atom stereocenters. The summed E-state index contributed by atoms with van der Waals surface area (Å²) >= 11 is 5.32. The molecule has 6 nitrogen and oxygen atoms in total. The van der Waals surface area contributed by atoms with Gasteiger partial charge in [0.05, 0.1) is 4.92 Å². The number of carbonyl (C=O) groups is 2. The van der Waals surface area contributed by atoms with Crippen LogP contribution in [-0.4, -0.2) is 27.2 Å². The molecule has 0 spiro atoms. The Morgan fingerprint density at radius 2 is 1.81 bits per heavy atom. The largest absolute Gasteiger partial charge is 0.480 e. The summed E-state index contributed by atoms with van der Waals surface area (Å²) in [6.45, 7) is 0. The SMILES string of the molecule is O=C(O)C(Cl)C(=O)c1ccc([N+](=O)[O-])cc1. The molecule has 0 amide bonds. The number of hydrogen-bond donors (Lipinski definition) is 1. The van der Waals surface area contributed by atoms with E-state index in [-0.39, 0.29) is 11.3 Å². The Kier molecular flexibility index (Phi) is 3.57. The van der Waals surface area contributed by atoms with Gasteiger partial charge in [-0.1, -0.05) is 0 Å². The molecule has 7 heteroatoms. The zero-order valence-corrected chi connectivity index (χ0v) is 8.55. The van der Waals surface area contributed by atoms with Crippen molar-refractivity contribution in [3.63, 3.8) is 0 Å². The Morgan fingerprint density at radius 3 is 2.19 bits per heavy atom. The number of nitro groups is 1. The first kappa shape index (κ1) is 12.1. The molecule has 0 fully saturated rings. The average molecular weight is 244 g/mol. The van der Waals surface area contributed by atoms with E-state index in [1.165, 1.54) is 12.1 Å². The fourth-order valence-electron chi connectivity index (χ4n) is 1.01. The Bertz CT molecular complexity index is 442. The van der Waals surface area contributed by atoms with Crippen LogP contribution in [0.15, 0.2) is 24.3 Å². The monoisotopic (exact) mass is 243 g/mol. The Morgan fingerprint density at radius 1 is 1.31 bits per heavy atom. The number of ketones is 1. The smallest absolute Gasteiger partial charge is 0.329 e. The predicted octanol–water partition coefficient (Wildman–Crippen LogP) is 1.47. The third-order valence-electron chi connectivity index (χ3n) is 1.81. The maximum absolute atomic E-state index is 11.4. The lowest BCUT2D eigenvalue weighted by molar-refractivity contribution is -0.384. The second-order valence-electron chi connectivity index (χ2n) is 2.87. The van der Waals surface area contributed by atoms with Crippen molar-refractivity contribution in [3.8, 4) is 0 Å². The molecule has 0 aliphatic carbocycles. The Hall–Kier alpha value is -1.95. The summed E-state index contributed by atoms with van der Waals surface area (Å²) in [6, 6.07) is 4.55. The van der Waals surface area contributed by atoms with Crippen molar-refractivity contribution in [2.24, 2.45) is 0 Å². The Labute approximate surface area is 94.6 Å². The van der Waals surface area contributed by atoms with Gasteiger partial charge in [-0.2, -0.15) is 0 Å². The van der Waals surface area contributed by atoms with Crippen LogP contribution in [0.4, 0.5) is 5.69 Å². The molecule has 1 aromatic rings. The van der Waals surface area contributed by atoms with Crippen molar-refractivity contribution < 1.29 is 19.6 Å². The average Bonchev–Trinajstić information content (AvgIpc) is 2.27. The van der Waals surface area contributed by atoms with Gasteiger partial charge in [-0.3, -0.25) is 19.7 Å². The van der Waals surface area contributed by atoms with Crippen molar-refractivity contribution in [2.75, 3.05) is 0 Å². The van der Waals surface area contributed by atoms with Gasteiger partial charge in [-0.05, 0) is 12.1 Å². The molecular formula is C9H6ClNO5. The number of alkyl halides is 1. The van der Waals surface area contributed by atoms with E-state index in [1.807, 2.05) is 0 Å². The maximum Gasteiger partial charge on any atom is 0.329 e. The first-order valence-electron chi connectivity index (χ1n) is 4.09. The van der Waals surface area contributed by atoms with Gasteiger partial charge in [0.25, 0.3) is 5.69 Å². The van der Waals surface area contributed by atoms with Gasteiger partial charge in [0.15, 0.2) is 11.2 Å². The molecule has 84 valence electrons. The van der Waals surface area contributed by atoms with Crippen LogP contribution in [-0.2, 0) is 4.79 Å². The number of carbonyl (C=O) groups excluding carboxylic acids is 1. The molecule has 1 aromatic carbocycles. The number of carboxylic acid groups (broad SMARTS) is 1. The van der Waals surface area contributed by atoms with Crippen molar-refractivity contribution in [1.29, 1.82) is 0 Å². The highest BCUT2D eigenvalue weighted by atomic mass is 35.5. The van der Waals surface area contributed by atoms with E-state index >= 15 is 0 Å². The van der Waals surface area contributed by atoms with E-state index in [2.05, 4.69) is 0 Å². The van der Waals surface area contributed by atoms with E-state index in [4.69, 9.17) is 16.7 Å².